The Kier molecular flexibility index (Phi) is 9.74. The highest BCUT2D eigenvalue weighted by Gasteiger charge is 2.33. The van der Waals surface area contributed by atoms with Gasteiger partial charge in [-0.3, -0.25) is 0 Å². The average molecular weight is 443 g/mol. The minimum atomic E-state index is 0.00399. The number of benzene rings is 1. The standard InChI is InChI=1S/C31H54O/c1-22(2)14-11-18-30(8,9)19-12-15-23(3)16-13-20-31(10)21-17-28-26(6)24(4)25(5)27(7)29(28)32-31/h22-23H,11-21H2,1-10H3/t23?,31-/m1/s1. The second-order valence-electron chi connectivity index (χ2n) is 12.7. The van der Waals surface area contributed by atoms with Crippen molar-refractivity contribution in [1.29, 1.82) is 0 Å². The van der Waals surface area contributed by atoms with E-state index in [2.05, 4.69) is 69.2 Å². The molecule has 184 valence electrons. The van der Waals surface area contributed by atoms with Gasteiger partial charge in [-0.25, -0.2) is 0 Å². The van der Waals surface area contributed by atoms with Gasteiger partial charge in [-0.2, -0.15) is 0 Å². The smallest absolute Gasteiger partial charge is 0.126 e. The lowest BCUT2D eigenvalue weighted by Gasteiger charge is -2.38. The van der Waals surface area contributed by atoms with Gasteiger partial charge >= 0.3 is 0 Å². The molecule has 1 unspecified atom stereocenters. The van der Waals surface area contributed by atoms with Crippen molar-refractivity contribution < 1.29 is 4.74 Å². The molecule has 1 nitrogen and oxygen atoms in total. The first-order valence-electron chi connectivity index (χ1n) is 13.6. The van der Waals surface area contributed by atoms with Crippen molar-refractivity contribution in [1.82, 2.24) is 0 Å². The molecule has 1 aromatic carbocycles. The van der Waals surface area contributed by atoms with Crippen molar-refractivity contribution in [3.8, 4) is 5.75 Å². The number of rotatable bonds is 12. The second kappa shape index (κ2) is 11.4. The maximum absolute atomic E-state index is 6.73. The quantitative estimate of drug-likeness (QED) is 0.313. The lowest BCUT2D eigenvalue weighted by atomic mass is 9.80. The van der Waals surface area contributed by atoms with Crippen molar-refractivity contribution in [2.75, 3.05) is 0 Å². The lowest BCUT2D eigenvalue weighted by Crippen LogP contribution is -2.37. The summed E-state index contributed by atoms with van der Waals surface area (Å²) in [6.45, 7) is 23.5. The highest BCUT2D eigenvalue weighted by Crippen LogP contribution is 2.42. The first-order chi connectivity index (χ1) is 14.9. The molecule has 1 aliphatic rings. The van der Waals surface area contributed by atoms with E-state index in [4.69, 9.17) is 4.74 Å². The van der Waals surface area contributed by atoms with E-state index in [1.807, 2.05) is 0 Å². The van der Waals surface area contributed by atoms with E-state index in [0.29, 0.717) is 5.41 Å². The van der Waals surface area contributed by atoms with Gasteiger partial charge in [0, 0.05) is 0 Å². The van der Waals surface area contributed by atoms with Crippen molar-refractivity contribution in [3.05, 3.63) is 27.8 Å². The summed E-state index contributed by atoms with van der Waals surface area (Å²) in [6.07, 6.45) is 14.4. The van der Waals surface area contributed by atoms with Crippen LogP contribution < -0.4 is 4.74 Å². The highest BCUT2D eigenvalue weighted by molar-refractivity contribution is 5.55. The first kappa shape index (κ1) is 27.3. The normalized spacial score (nSPS) is 19.7. The number of ether oxygens (including phenoxy) is 1. The molecule has 0 aliphatic carbocycles. The molecule has 2 atom stereocenters. The minimum absolute atomic E-state index is 0.00399. The molecule has 1 heterocycles. The molecule has 0 N–H and O–H groups in total. The second-order valence-corrected chi connectivity index (χ2v) is 12.7. The summed E-state index contributed by atoms with van der Waals surface area (Å²) in [6, 6.07) is 0. The Morgan fingerprint density at radius 1 is 0.812 bits per heavy atom. The monoisotopic (exact) mass is 442 g/mol. The molecule has 0 radical (unpaired) electrons. The van der Waals surface area contributed by atoms with Gasteiger partial charge in [0.1, 0.15) is 11.4 Å². The Bertz CT molecular complexity index is 742. The molecule has 1 heteroatoms. The van der Waals surface area contributed by atoms with Crippen LogP contribution in [0.5, 0.6) is 5.75 Å². The molecule has 1 aromatic rings. The summed E-state index contributed by atoms with van der Waals surface area (Å²) in [5, 5.41) is 0. The zero-order valence-corrected chi connectivity index (χ0v) is 23.3. The van der Waals surface area contributed by atoms with Crippen molar-refractivity contribution >= 4 is 0 Å². The maximum Gasteiger partial charge on any atom is 0.126 e. The molecule has 32 heavy (non-hydrogen) atoms. The van der Waals surface area contributed by atoms with Gasteiger partial charge in [0.15, 0.2) is 0 Å². The molecule has 0 amide bonds. The summed E-state index contributed by atoms with van der Waals surface area (Å²) in [5.74, 6) is 2.87. The SMILES string of the molecule is Cc1c(C)c(C)c2c(c1C)CC[C@@](C)(CCCC(C)CCCC(C)(C)CCCC(C)C)O2. The predicted molar refractivity (Wildman–Crippen MR) is 142 cm³/mol. The third-order valence-corrected chi connectivity index (χ3v) is 8.60. The van der Waals surface area contributed by atoms with Gasteiger partial charge in [0.2, 0.25) is 0 Å². The number of hydrogen-bond donors (Lipinski definition) is 0. The minimum Gasteiger partial charge on any atom is -0.487 e. The Balaban J connectivity index is 1.77. The Hall–Kier alpha value is -0.980. The molecule has 1 aliphatic heterocycles. The lowest BCUT2D eigenvalue weighted by molar-refractivity contribution is 0.0513. The van der Waals surface area contributed by atoms with Crippen LogP contribution in [0.1, 0.15) is 134 Å². The van der Waals surface area contributed by atoms with Crippen molar-refractivity contribution in [2.45, 2.75) is 145 Å². The molecular formula is C31H54O. The van der Waals surface area contributed by atoms with Gasteiger partial charge in [-0.15, -0.1) is 0 Å². The fourth-order valence-electron chi connectivity index (χ4n) is 5.67. The fourth-order valence-corrected chi connectivity index (χ4v) is 5.67. The topological polar surface area (TPSA) is 9.23 Å². The van der Waals surface area contributed by atoms with Crippen LogP contribution in [0.2, 0.25) is 0 Å². The molecule has 0 saturated carbocycles. The van der Waals surface area contributed by atoms with Crippen molar-refractivity contribution in [2.24, 2.45) is 17.3 Å². The van der Waals surface area contributed by atoms with Crippen LogP contribution in [-0.2, 0) is 6.42 Å². The summed E-state index contributed by atoms with van der Waals surface area (Å²) in [4.78, 5) is 0. The summed E-state index contributed by atoms with van der Waals surface area (Å²) < 4.78 is 6.73. The van der Waals surface area contributed by atoms with E-state index in [1.54, 1.807) is 0 Å². The van der Waals surface area contributed by atoms with E-state index >= 15 is 0 Å². The first-order valence-corrected chi connectivity index (χ1v) is 13.6. The van der Waals surface area contributed by atoms with Crippen LogP contribution in [-0.4, -0.2) is 5.60 Å². The largest absolute Gasteiger partial charge is 0.487 e. The van der Waals surface area contributed by atoms with Gasteiger partial charge < -0.3 is 4.74 Å². The van der Waals surface area contributed by atoms with E-state index in [1.165, 1.54) is 97.8 Å². The van der Waals surface area contributed by atoms with Crippen LogP contribution in [0.4, 0.5) is 0 Å². The maximum atomic E-state index is 6.73. The number of fused-ring (bicyclic) bond motifs is 1. The predicted octanol–water partition coefficient (Wildman–Crippen LogP) is 9.83. The molecule has 0 bridgehead atoms. The van der Waals surface area contributed by atoms with E-state index < -0.39 is 0 Å². The molecule has 0 fully saturated rings. The molecule has 2 rings (SSSR count). The summed E-state index contributed by atoms with van der Waals surface area (Å²) in [5.41, 5.74) is 7.65. The highest BCUT2D eigenvalue weighted by atomic mass is 16.5. The van der Waals surface area contributed by atoms with Gasteiger partial charge in [0.25, 0.3) is 0 Å². The van der Waals surface area contributed by atoms with E-state index in [-0.39, 0.29) is 5.60 Å². The zero-order valence-electron chi connectivity index (χ0n) is 23.3. The van der Waals surface area contributed by atoms with Crippen molar-refractivity contribution in [3.63, 3.8) is 0 Å². The fraction of sp³-hybridized carbons (Fsp3) is 0.806. The third kappa shape index (κ3) is 7.53. The van der Waals surface area contributed by atoms with Crippen LogP contribution in [0, 0.1) is 44.9 Å². The Morgan fingerprint density at radius 2 is 1.38 bits per heavy atom. The number of hydrogen-bond acceptors (Lipinski definition) is 1. The average Bonchev–Trinajstić information content (AvgIpc) is 2.70. The van der Waals surface area contributed by atoms with E-state index in [0.717, 1.165) is 18.3 Å². The summed E-state index contributed by atoms with van der Waals surface area (Å²) in [7, 11) is 0. The van der Waals surface area contributed by atoms with Gasteiger partial charge in [-0.05, 0) is 118 Å². The van der Waals surface area contributed by atoms with Crippen LogP contribution in [0.25, 0.3) is 0 Å². The molecular weight excluding hydrogens is 388 g/mol. The van der Waals surface area contributed by atoms with Gasteiger partial charge in [-0.1, -0.05) is 66.7 Å². The Morgan fingerprint density at radius 3 is 2.00 bits per heavy atom. The van der Waals surface area contributed by atoms with Crippen LogP contribution in [0.3, 0.4) is 0 Å². The molecule has 0 saturated heterocycles. The van der Waals surface area contributed by atoms with Crippen LogP contribution in [0.15, 0.2) is 0 Å². The van der Waals surface area contributed by atoms with Crippen LogP contribution >= 0.6 is 0 Å². The third-order valence-electron chi connectivity index (χ3n) is 8.60. The zero-order chi connectivity index (χ0) is 24.1. The van der Waals surface area contributed by atoms with E-state index in [9.17, 15) is 0 Å². The molecule has 0 aromatic heterocycles. The molecule has 0 spiro atoms. The Labute approximate surface area is 201 Å². The van der Waals surface area contributed by atoms with Gasteiger partial charge in [0.05, 0.1) is 0 Å². The summed E-state index contributed by atoms with van der Waals surface area (Å²) >= 11 is 0.